The van der Waals surface area contributed by atoms with Crippen LogP contribution in [0.15, 0.2) is 11.6 Å². The molecule has 2 fully saturated rings. The van der Waals surface area contributed by atoms with E-state index in [-0.39, 0.29) is 0 Å². The maximum absolute atomic E-state index is 3.38. The molecule has 0 radical (unpaired) electrons. The quantitative estimate of drug-likeness (QED) is 0.566. The normalized spacial score (nSPS) is 30.4. The molecule has 0 aromatic heterocycles. The highest BCUT2D eigenvalue weighted by Crippen LogP contribution is 2.27. The fourth-order valence-electron chi connectivity index (χ4n) is 2.19. The van der Waals surface area contributed by atoms with Crippen LogP contribution in [0.2, 0.25) is 0 Å². The Labute approximate surface area is 68.9 Å². The zero-order chi connectivity index (χ0) is 7.52. The van der Waals surface area contributed by atoms with E-state index in [0.29, 0.717) is 0 Å². The van der Waals surface area contributed by atoms with Gasteiger partial charge in [-0.25, -0.2) is 0 Å². The fraction of sp³-hybridized carbons (Fsp3) is 0.800. The molecule has 0 unspecified atom stereocenters. The Morgan fingerprint density at radius 3 is 2.73 bits per heavy atom. The molecule has 2 aliphatic rings. The van der Waals surface area contributed by atoms with Crippen LogP contribution in [-0.2, 0) is 0 Å². The van der Waals surface area contributed by atoms with E-state index in [9.17, 15) is 0 Å². The van der Waals surface area contributed by atoms with Crippen molar-refractivity contribution < 1.29 is 0 Å². The second-order valence-electron chi connectivity index (χ2n) is 3.80. The fourth-order valence-corrected chi connectivity index (χ4v) is 2.19. The molecule has 1 nitrogen and oxygen atoms in total. The highest BCUT2D eigenvalue weighted by molar-refractivity contribution is 5.11. The van der Waals surface area contributed by atoms with Gasteiger partial charge in [-0.2, -0.15) is 0 Å². The van der Waals surface area contributed by atoms with Gasteiger partial charge in [0, 0.05) is 6.54 Å². The first-order chi connectivity index (χ1) is 5.45. The standard InChI is InChI=1S/C10H17N/c1-2-4-9(3-1)7-10-5-6-11-8-10/h7,9,11H,1-6,8H2/b10-7-. The van der Waals surface area contributed by atoms with E-state index in [4.69, 9.17) is 0 Å². The van der Waals surface area contributed by atoms with Crippen molar-refractivity contribution in [2.75, 3.05) is 13.1 Å². The molecule has 11 heavy (non-hydrogen) atoms. The van der Waals surface area contributed by atoms with Crippen LogP contribution in [0.1, 0.15) is 32.1 Å². The largest absolute Gasteiger partial charge is 0.313 e. The summed E-state index contributed by atoms with van der Waals surface area (Å²) in [4.78, 5) is 0. The molecule has 1 N–H and O–H groups in total. The molecule has 1 aliphatic carbocycles. The molecule has 1 saturated carbocycles. The average Bonchev–Trinajstić information content (AvgIpc) is 2.60. The smallest absolute Gasteiger partial charge is 0.0165 e. The Bertz CT molecular complexity index is 146. The van der Waals surface area contributed by atoms with Crippen molar-refractivity contribution in [3.63, 3.8) is 0 Å². The second-order valence-corrected chi connectivity index (χ2v) is 3.80. The summed E-state index contributed by atoms with van der Waals surface area (Å²) in [5.41, 5.74) is 1.66. The summed E-state index contributed by atoms with van der Waals surface area (Å²) in [6, 6.07) is 0. The summed E-state index contributed by atoms with van der Waals surface area (Å²) >= 11 is 0. The Balaban J connectivity index is 1.89. The first kappa shape index (κ1) is 7.35. The summed E-state index contributed by atoms with van der Waals surface area (Å²) in [5.74, 6) is 0.935. The van der Waals surface area contributed by atoms with Crippen molar-refractivity contribution in [1.82, 2.24) is 5.32 Å². The number of allylic oxidation sites excluding steroid dienone is 1. The van der Waals surface area contributed by atoms with E-state index in [0.717, 1.165) is 12.5 Å². The summed E-state index contributed by atoms with van der Waals surface area (Å²) in [6.07, 6.45) is 9.65. The van der Waals surface area contributed by atoms with E-state index in [2.05, 4.69) is 11.4 Å². The predicted molar refractivity (Wildman–Crippen MR) is 47.5 cm³/mol. The molecule has 0 bridgehead atoms. The lowest BCUT2D eigenvalue weighted by Gasteiger charge is -2.02. The van der Waals surface area contributed by atoms with Gasteiger partial charge in [-0.1, -0.05) is 24.5 Å². The maximum Gasteiger partial charge on any atom is 0.0165 e. The average molecular weight is 151 g/mol. The van der Waals surface area contributed by atoms with Gasteiger partial charge in [-0.15, -0.1) is 0 Å². The summed E-state index contributed by atoms with van der Waals surface area (Å²) in [7, 11) is 0. The minimum Gasteiger partial charge on any atom is -0.313 e. The van der Waals surface area contributed by atoms with Gasteiger partial charge in [-0.05, 0) is 31.7 Å². The topological polar surface area (TPSA) is 12.0 Å². The van der Waals surface area contributed by atoms with E-state index in [1.807, 2.05) is 0 Å². The van der Waals surface area contributed by atoms with E-state index >= 15 is 0 Å². The third-order valence-electron chi connectivity index (χ3n) is 2.85. The molecular formula is C10H17N. The van der Waals surface area contributed by atoms with Gasteiger partial charge in [0.2, 0.25) is 0 Å². The number of rotatable bonds is 1. The van der Waals surface area contributed by atoms with Crippen molar-refractivity contribution in [2.24, 2.45) is 5.92 Å². The SMILES string of the molecule is C(=C1\CCNC1)/C1CCCC1. The van der Waals surface area contributed by atoms with Gasteiger partial charge in [0.15, 0.2) is 0 Å². The van der Waals surface area contributed by atoms with Crippen LogP contribution < -0.4 is 5.32 Å². The lowest BCUT2D eigenvalue weighted by Crippen LogP contribution is -2.05. The molecule has 1 heteroatoms. The van der Waals surface area contributed by atoms with Crippen LogP contribution >= 0.6 is 0 Å². The van der Waals surface area contributed by atoms with Gasteiger partial charge in [0.05, 0.1) is 0 Å². The van der Waals surface area contributed by atoms with Crippen LogP contribution in [0.3, 0.4) is 0 Å². The molecule has 0 aromatic rings. The van der Waals surface area contributed by atoms with E-state index in [1.54, 1.807) is 5.57 Å². The van der Waals surface area contributed by atoms with Crippen molar-refractivity contribution >= 4 is 0 Å². The molecule has 1 aliphatic heterocycles. The van der Waals surface area contributed by atoms with Gasteiger partial charge in [-0.3, -0.25) is 0 Å². The Morgan fingerprint density at radius 1 is 1.27 bits per heavy atom. The van der Waals surface area contributed by atoms with Crippen molar-refractivity contribution in [2.45, 2.75) is 32.1 Å². The van der Waals surface area contributed by atoms with Gasteiger partial charge in [0.1, 0.15) is 0 Å². The monoisotopic (exact) mass is 151 g/mol. The summed E-state index contributed by atoms with van der Waals surface area (Å²) in [5, 5.41) is 3.38. The minimum absolute atomic E-state index is 0.935. The van der Waals surface area contributed by atoms with Crippen molar-refractivity contribution in [3.05, 3.63) is 11.6 Å². The molecule has 62 valence electrons. The predicted octanol–water partition coefficient (Wildman–Crippen LogP) is 2.10. The molecule has 0 aromatic carbocycles. The molecule has 1 saturated heterocycles. The Hall–Kier alpha value is -0.300. The van der Waals surface area contributed by atoms with Crippen LogP contribution in [0, 0.1) is 5.92 Å². The second kappa shape index (κ2) is 3.40. The highest BCUT2D eigenvalue weighted by Gasteiger charge is 2.14. The van der Waals surface area contributed by atoms with E-state index in [1.165, 1.54) is 38.6 Å². The zero-order valence-corrected chi connectivity index (χ0v) is 7.10. The van der Waals surface area contributed by atoms with Gasteiger partial charge < -0.3 is 5.32 Å². The first-order valence-corrected chi connectivity index (χ1v) is 4.85. The number of nitrogens with one attached hydrogen (secondary N) is 1. The molecule has 0 amide bonds. The third-order valence-corrected chi connectivity index (χ3v) is 2.85. The lowest BCUT2D eigenvalue weighted by atomic mass is 10.0. The van der Waals surface area contributed by atoms with Crippen LogP contribution in [0.4, 0.5) is 0 Å². The summed E-state index contributed by atoms with van der Waals surface area (Å²) < 4.78 is 0. The minimum atomic E-state index is 0.935. The third kappa shape index (κ3) is 1.84. The van der Waals surface area contributed by atoms with Crippen LogP contribution in [0.5, 0.6) is 0 Å². The number of hydrogen-bond acceptors (Lipinski definition) is 1. The van der Waals surface area contributed by atoms with Crippen molar-refractivity contribution in [1.29, 1.82) is 0 Å². The van der Waals surface area contributed by atoms with Gasteiger partial charge >= 0.3 is 0 Å². The number of hydrogen-bond donors (Lipinski definition) is 1. The Kier molecular flexibility index (Phi) is 2.27. The van der Waals surface area contributed by atoms with Crippen LogP contribution in [0.25, 0.3) is 0 Å². The first-order valence-electron chi connectivity index (χ1n) is 4.85. The molecule has 1 heterocycles. The Morgan fingerprint density at radius 2 is 2.09 bits per heavy atom. The van der Waals surface area contributed by atoms with E-state index < -0.39 is 0 Å². The molecular weight excluding hydrogens is 134 g/mol. The van der Waals surface area contributed by atoms with Gasteiger partial charge in [0.25, 0.3) is 0 Å². The molecule has 0 spiro atoms. The lowest BCUT2D eigenvalue weighted by molar-refractivity contribution is 0.678. The maximum atomic E-state index is 3.38. The molecule has 2 rings (SSSR count). The zero-order valence-electron chi connectivity index (χ0n) is 7.10. The molecule has 0 atom stereocenters. The van der Waals surface area contributed by atoms with Crippen LogP contribution in [-0.4, -0.2) is 13.1 Å². The highest BCUT2D eigenvalue weighted by atomic mass is 14.9. The summed E-state index contributed by atoms with van der Waals surface area (Å²) in [6.45, 7) is 2.37. The van der Waals surface area contributed by atoms with Crippen molar-refractivity contribution in [3.8, 4) is 0 Å².